The van der Waals surface area contributed by atoms with Gasteiger partial charge >= 0.3 is 6.18 Å². The van der Waals surface area contributed by atoms with Gasteiger partial charge < -0.3 is 10.6 Å². The summed E-state index contributed by atoms with van der Waals surface area (Å²) in [6, 6.07) is 5.18. The van der Waals surface area contributed by atoms with Crippen molar-refractivity contribution in [2.45, 2.75) is 12.6 Å². The number of carbonyl (C=O) groups is 1. The van der Waals surface area contributed by atoms with Crippen molar-refractivity contribution in [3.05, 3.63) is 28.2 Å². The van der Waals surface area contributed by atoms with Gasteiger partial charge in [0.25, 0.3) is 0 Å². The summed E-state index contributed by atoms with van der Waals surface area (Å²) in [5.74, 6) is -0.395. The van der Waals surface area contributed by atoms with Crippen LogP contribution in [-0.2, 0) is 11.0 Å². The van der Waals surface area contributed by atoms with Crippen LogP contribution in [0.5, 0.6) is 0 Å². The minimum atomic E-state index is -4.45. The minimum absolute atomic E-state index is 0.167. The van der Waals surface area contributed by atoms with Gasteiger partial charge in [0.1, 0.15) is 0 Å². The molecule has 0 atom stereocenters. The predicted octanol–water partition coefficient (Wildman–Crippen LogP) is 2.91. The standard InChI is InChI=1S/C12H11BrF3N3O/c13-9-4-8(12(14,15)16)5-10(6-9)19-7-11(20)18-3-1-2-17/h4-6,19H,1,3,7H2,(H,18,20). The van der Waals surface area contributed by atoms with E-state index in [1.54, 1.807) is 0 Å². The maximum atomic E-state index is 12.6. The predicted molar refractivity (Wildman–Crippen MR) is 70.9 cm³/mol. The molecule has 0 aliphatic heterocycles. The summed E-state index contributed by atoms with van der Waals surface area (Å²) in [4.78, 5) is 11.3. The highest BCUT2D eigenvalue weighted by molar-refractivity contribution is 9.10. The van der Waals surface area contributed by atoms with Crippen LogP contribution in [0.15, 0.2) is 22.7 Å². The Bertz CT molecular complexity index is 526. The lowest BCUT2D eigenvalue weighted by Gasteiger charge is -2.11. The number of amides is 1. The first-order valence-corrected chi connectivity index (χ1v) is 6.37. The average molecular weight is 350 g/mol. The monoisotopic (exact) mass is 349 g/mol. The van der Waals surface area contributed by atoms with E-state index in [9.17, 15) is 18.0 Å². The third-order valence-corrected chi connectivity index (χ3v) is 2.69. The zero-order valence-electron chi connectivity index (χ0n) is 10.2. The highest BCUT2D eigenvalue weighted by atomic mass is 79.9. The van der Waals surface area contributed by atoms with E-state index in [0.29, 0.717) is 0 Å². The Morgan fingerprint density at radius 2 is 2.05 bits per heavy atom. The van der Waals surface area contributed by atoms with Crippen LogP contribution < -0.4 is 10.6 Å². The first-order chi connectivity index (χ1) is 9.32. The number of hydrogen-bond acceptors (Lipinski definition) is 3. The number of rotatable bonds is 5. The summed E-state index contributed by atoms with van der Waals surface area (Å²) in [5, 5.41) is 13.4. The van der Waals surface area contributed by atoms with Crippen molar-refractivity contribution in [3.8, 4) is 6.07 Å². The third-order valence-electron chi connectivity index (χ3n) is 2.24. The Hall–Kier alpha value is -1.75. The molecule has 2 N–H and O–H groups in total. The number of benzene rings is 1. The smallest absolute Gasteiger partial charge is 0.376 e. The first kappa shape index (κ1) is 16.3. The van der Waals surface area contributed by atoms with Crippen molar-refractivity contribution in [3.63, 3.8) is 0 Å². The lowest BCUT2D eigenvalue weighted by Crippen LogP contribution is -2.30. The molecular formula is C12H11BrF3N3O. The highest BCUT2D eigenvalue weighted by Crippen LogP contribution is 2.33. The van der Waals surface area contributed by atoms with Crippen LogP contribution in [0.4, 0.5) is 18.9 Å². The number of halogens is 4. The summed E-state index contributed by atoms with van der Waals surface area (Å²) in [6.45, 7) is 0.0441. The van der Waals surface area contributed by atoms with Crippen LogP contribution in [0.25, 0.3) is 0 Å². The number of hydrogen-bond donors (Lipinski definition) is 2. The third kappa shape index (κ3) is 5.48. The van der Waals surface area contributed by atoms with E-state index in [0.717, 1.165) is 12.1 Å². The second-order valence-electron chi connectivity index (χ2n) is 3.84. The Morgan fingerprint density at radius 1 is 1.35 bits per heavy atom. The molecule has 20 heavy (non-hydrogen) atoms. The number of alkyl halides is 3. The molecule has 1 amide bonds. The summed E-state index contributed by atoms with van der Waals surface area (Å²) in [6.07, 6.45) is -4.27. The van der Waals surface area contributed by atoms with Crippen LogP contribution >= 0.6 is 15.9 Å². The van der Waals surface area contributed by atoms with Crippen molar-refractivity contribution >= 4 is 27.5 Å². The fourth-order valence-corrected chi connectivity index (χ4v) is 1.85. The molecule has 0 fully saturated rings. The molecule has 0 aromatic heterocycles. The van der Waals surface area contributed by atoms with Gasteiger partial charge in [-0.15, -0.1) is 0 Å². The molecule has 4 nitrogen and oxygen atoms in total. The fraction of sp³-hybridized carbons (Fsp3) is 0.333. The van der Waals surface area contributed by atoms with Crippen molar-refractivity contribution in [1.82, 2.24) is 5.32 Å². The zero-order chi connectivity index (χ0) is 15.2. The van der Waals surface area contributed by atoms with Crippen LogP contribution in [0.1, 0.15) is 12.0 Å². The molecule has 0 spiro atoms. The molecule has 0 aliphatic rings. The molecule has 0 radical (unpaired) electrons. The van der Waals surface area contributed by atoms with Crippen molar-refractivity contribution in [1.29, 1.82) is 5.26 Å². The van der Waals surface area contributed by atoms with Gasteiger partial charge in [-0.1, -0.05) is 15.9 Å². The van der Waals surface area contributed by atoms with E-state index in [4.69, 9.17) is 5.26 Å². The van der Waals surface area contributed by atoms with Crippen molar-refractivity contribution in [2.75, 3.05) is 18.4 Å². The van der Waals surface area contributed by atoms with E-state index in [2.05, 4.69) is 26.6 Å². The molecule has 1 rings (SSSR count). The van der Waals surface area contributed by atoms with Crippen LogP contribution in [-0.4, -0.2) is 19.0 Å². The van der Waals surface area contributed by atoms with Gasteiger partial charge in [0, 0.05) is 16.7 Å². The lowest BCUT2D eigenvalue weighted by molar-refractivity contribution is -0.137. The van der Waals surface area contributed by atoms with Crippen LogP contribution in [0.3, 0.4) is 0 Å². The largest absolute Gasteiger partial charge is 0.416 e. The average Bonchev–Trinajstić information content (AvgIpc) is 2.35. The summed E-state index contributed by atoms with van der Waals surface area (Å²) in [7, 11) is 0. The van der Waals surface area contributed by atoms with Gasteiger partial charge in [0.05, 0.1) is 24.6 Å². The number of nitrogens with zero attached hydrogens (tertiary/aromatic N) is 1. The number of anilines is 1. The maximum absolute atomic E-state index is 12.6. The van der Waals surface area contributed by atoms with Gasteiger partial charge in [-0.3, -0.25) is 4.79 Å². The van der Waals surface area contributed by atoms with Crippen LogP contribution in [0.2, 0.25) is 0 Å². The molecule has 0 saturated heterocycles. The maximum Gasteiger partial charge on any atom is 0.416 e. The van der Waals surface area contributed by atoms with E-state index >= 15 is 0 Å². The second-order valence-corrected chi connectivity index (χ2v) is 4.75. The molecule has 0 heterocycles. The number of carbonyl (C=O) groups excluding carboxylic acids is 1. The highest BCUT2D eigenvalue weighted by Gasteiger charge is 2.31. The van der Waals surface area contributed by atoms with E-state index in [1.165, 1.54) is 6.07 Å². The molecule has 108 valence electrons. The molecule has 0 bridgehead atoms. The van der Waals surface area contributed by atoms with Gasteiger partial charge in [-0.05, 0) is 18.2 Å². The molecule has 1 aromatic rings. The first-order valence-electron chi connectivity index (χ1n) is 5.58. The SMILES string of the molecule is N#CCCNC(=O)CNc1cc(Br)cc(C(F)(F)F)c1. The number of nitriles is 1. The van der Waals surface area contributed by atoms with E-state index < -0.39 is 17.6 Å². The number of nitrogens with one attached hydrogen (secondary N) is 2. The minimum Gasteiger partial charge on any atom is -0.376 e. The van der Waals surface area contributed by atoms with Gasteiger partial charge in [0.15, 0.2) is 0 Å². The Balaban J connectivity index is 2.63. The van der Waals surface area contributed by atoms with Crippen molar-refractivity contribution < 1.29 is 18.0 Å². The molecule has 1 aromatic carbocycles. The van der Waals surface area contributed by atoms with E-state index in [-0.39, 0.29) is 29.7 Å². The normalized spacial score (nSPS) is 10.8. The Kier molecular flexibility index (Phi) is 5.82. The topological polar surface area (TPSA) is 64.9 Å². The van der Waals surface area contributed by atoms with E-state index in [1.807, 2.05) is 6.07 Å². The summed E-state index contributed by atoms with van der Waals surface area (Å²) < 4.78 is 38.0. The lowest BCUT2D eigenvalue weighted by atomic mass is 10.2. The fourth-order valence-electron chi connectivity index (χ4n) is 1.36. The second kappa shape index (κ2) is 7.14. The van der Waals surface area contributed by atoms with Crippen LogP contribution in [0, 0.1) is 11.3 Å². The van der Waals surface area contributed by atoms with Crippen molar-refractivity contribution in [2.24, 2.45) is 0 Å². The van der Waals surface area contributed by atoms with Gasteiger partial charge in [-0.2, -0.15) is 18.4 Å². The van der Waals surface area contributed by atoms with Gasteiger partial charge in [-0.25, -0.2) is 0 Å². The van der Waals surface area contributed by atoms with Gasteiger partial charge in [0.2, 0.25) is 5.91 Å². The molecular weight excluding hydrogens is 339 g/mol. The summed E-state index contributed by atoms with van der Waals surface area (Å²) in [5.41, 5.74) is -0.624. The molecule has 0 saturated carbocycles. The summed E-state index contributed by atoms with van der Waals surface area (Å²) >= 11 is 2.99. The Labute approximate surface area is 122 Å². The molecule has 0 aliphatic carbocycles. The molecule has 0 unspecified atom stereocenters. The Morgan fingerprint density at radius 3 is 2.65 bits per heavy atom. The quantitative estimate of drug-likeness (QED) is 0.803. The molecule has 8 heteroatoms. The zero-order valence-corrected chi connectivity index (χ0v) is 11.8.